The minimum Gasteiger partial charge on any atom is -0.399 e. The third-order valence-corrected chi connectivity index (χ3v) is 4.58. The van der Waals surface area contributed by atoms with Crippen molar-refractivity contribution in [2.24, 2.45) is 0 Å². The molecule has 0 bridgehead atoms. The van der Waals surface area contributed by atoms with Gasteiger partial charge in [-0.2, -0.15) is 0 Å². The van der Waals surface area contributed by atoms with Crippen molar-refractivity contribution >= 4 is 27.5 Å². The van der Waals surface area contributed by atoms with Crippen molar-refractivity contribution in [2.45, 2.75) is 4.90 Å². The van der Waals surface area contributed by atoms with E-state index in [1.807, 2.05) is 0 Å². The van der Waals surface area contributed by atoms with Crippen LogP contribution in [0.4, 0.5) is 5.69 Å². The summed E-state index contributed by atoms with van der Waals surface area (Å²) in [6.45, 7) is -0.511. The first-order chi connectivity index (χ1) is 8.75. The number of sulfonamides is 1. The number of nitrogens with zero attached hydrogens (tertiary/aromatic N) is 2. The van der Waals surface area contributed by atoms with Crippen molar-refractivity contribution in [3.63, 3.8) is 0 Å². The van der Waals surface area contributed by atoms with Gasteiger partial charge in [-0.05, 0) is 18.2 Å². The van der Waals surface area contributed by atoms with Gasteiger partial charge in [0, 0.05) is 19.8 Å². The average Bonchev–Trinajstić information content (AvgIpc) is 2.50. The lowest BCUT2D eigenvalue weighted by Crippen LogP contribution is -2.39. The number of hydrogen-bond donors (Lipinski definition) is 1. The Morgan fingerprint density at radius 3 is 2.58 bits per heavy atom. The zero-order chi connectivity index (χ0) is 14.4. The predicted octanol–water partition coefficient (Wildman–Crippen LogP) is -0.499. The number of nitrogen functional groups attached to an aromatic ring is 1. The number of nitrogens with two attached hydrogens (primary N) is 1. The van der Waals surface area contributed by atoms with E-state index in [-0.39, 0.29) is 16.1 Å². The van der Waals surface area contributed by atoms with Crippen molar-refractivity contribution in [3.8, 4) is 0 Å². The summed E-state index contributed by atoms with van der Waals surface area (Å²) in [5.41, 5.74) is 5.81. The van der Waals surface area contributed by atoms with Crippen LogP contribution in [0.3, 0.4) is 0 Å². The second-order valence-electron chi connectivity index (χ2n) is 4.36. The topological polar surface area (TPSA) is 101 Å². The average molecular weight is 283 g/mol. The summed E-state index contributed by atoms with van der Waals surface area (Å²) >= 11 is 0. The van der Waals surface area contributed by atoms with E-state index in [9.17, 15) is 18.0 Å². The number of rotatable bonds is 2. The van der Waals surface area contributed by atoms with Crippen LogP contribution in [0.2, 0.25) is 0 Å². The number of hydrogen-bond acceptors (Lipinski definition) is 5. The highest BCUT2D eigenvalue weighted by Crippen LogP contribution is 2.31. The second-order valence-corrected chi connectivity index (χ2v) is 6.19. The first-order valence-electron chi connectivity index (χ1n) is 5.42. The molecule has 1 aromatic carbocycles. The monoisotopic (exact) mass is 283 g/mol. The van der Waals surface area contributed by atoms with Gasteiger partial charge in [-0.3, -0.25) is 9.59 Å². The van der Waals surface area contributed by atoms with Crippen molar-refractivity contribution in [3.05, 3.63) is 23.8 Å². The lowest BCUT2D eigenvalue weighted by molar-refractivity contribution is -0.128. The minimum atomic E-state index is -3.99. The third kappa shape index (κ3) is 2.03. The van der Waals surface area contributed by atoms with Gasteiger partial charge in [0.2, 0.25) is 5.91 Å². The highest BCUT2D eigenvalue weighted by Gasteiger charge is 2.42. The van der Waals surface area contributed by atoms with E-state index in [4.69, 9.17) is 5.73 Å². The molecule has 1 aliphatic heterocycles. The number of likely N-dealkylation sites (N-methyl/N-ethyl adjacent to an activating group) is 1. The first-order valence-corrected chi connectivity index (χ1v) is 6.86. The fraction of sp³-hybridized carbons (Fsp3) is 0.273. The Bertz CT molecular complexity index is 667. The molecule has 0 fully saturated rings. The number of fused-ring (bicyclic) bond motifs is 1. The van der Waals surface area contributed by atoms with E-state index >= 15 is 0 Å². The fourth-order valence-corrected chi connectivity index (χ4v) is 3.27. The molecule has 7 nitrogen and oxygen atoms in total. The van der Waals surface area contributed by atoms with Crippen LogP contribution < -0.4 is 5.73 Å². The van der Waals surface area contributed by atoms with Crippen molar-refractivity contribution in [2.75, 3.05) is 26.4 Å². The molecule has 19 heavy (non-hydrogen) atoms. The number of amides is 2. The molecule has 1 aliphatic rings. The predicted molar refractivity (Wildman–Crippen MR) is 67.8 cm³/mol. The molecule has 8 heteroatoms. The molecule has 0 radical (unpaired) electrons. The quantitative estimate of drug-likeness (QED) is 0.737. The molecular formula is C11H13N3O4S. The van der Waals surface area contributed by atoms with Gasteiger partial charge in [-0.15, -0.1) is 0 Å². The van der Waals surface area contributed by atoms with Gasteiger partial charge in [0.1, 0.15) is 11.4 Å². The zero-order valence-electron chi connectivity index (χ0n) is 10.5. The molecule has 1 aromatic rings. The Balaban J connectivity index is 2.47. The van der Waals surface area contributed by atoms with Crippen LogP contribution in [-0.4, -0.2) is 50.1 Å². The minimum absolute atomic E-state index is 0.0424. The number of carbonyl (C=O) groups is 2. The molecule has 2 rings (SSSR count). The van der Waals surface area contributed by atoms with Gasteiger partial charge < -0.3 is 10.6 Å². The summed E-state index contributed by atoms with van der Waals surface area (Å²) in [6.07, 6.45) is 0. The maximum atomic E-state index is 12.2. The molecule has 0 aromatic heterocycles. The summed E-state index contributed by atoms with van der Waals surface area (Å²) in [5, 5.41) is 0. The molecule has 102 valence electrons. The van der Waals surface area contributed by atoms with E-state index in [0.29, 0.717) is 4.31 Å². The molecule has 2 N–H and O–H groups in total. The Hall–Kier alpha value is -2.09. The Labute approximate surface area is 110 Å². The third-order valence-electron chi connectivity index (χ3n) is 2.81. The normalized spacial score (nSPS) is 16.3. The Kier molecular flexibility index (Phi) is 2.97. The standard InChI is InChI=1S/C11H13N3O4S/c1-13(2)10(15)6-14-11(16)8-4-3-7(12)5-9(8)19(14,17)18/h3-5H,6,12H2,1-2H3. The van der Waals surface area contributed by atoms with Gasteiger partial charge in [0.15, 0.2) is 0 Å². The lowest BCUT2D eigenvalue weighted by atomic mass is 10.2. The molecule has 0 spiro atoms. The molecule has 0 saturated heterocycles. The van der Waals surface area contributed by atoms with Crippen molar-refractivity contribution in [1.82, 2.24) is 9.21 Å². The van der Waals surface area contributed by atoms with E-state index in [1.54, 1.807) is 0 Å². The van der Waals surface area contributed by atoms with E-state index in [2.05, 4.69) is 0 Å². The van der Waals surface area contributed by atoms with Gasteiger partial charge in [0.25, 0.3) is 15.9 Å². The molecule has 0 atom stereocenters. The maximum absolute atomic E-state index is 12.2. The van der Waals surface area contributed by atoms with Crippen LogP contribution in [0.5, 0.6) is 0 Å². The van der Waals surface area contributed by atoms with Crippen LogP contribution in [-0.2, 0) is 14.8 Å². The SMILES string of the molecule is CN(C)C(=O)CN1C(=O)c2ccc(N)cc2S1(=O)=O. The first kappa shape index (κ1) is 13.3. The molecule has 0 saturated carbocycles. The smallest absolute Gasteiger partial charge is 0.269 e. The van der Waals surface area contributed by atoms with Crippen molar-refractivity contribution < 1.29 is 18.0 Å². The van der Waals surface area contributed by atoms with Crippen LogP contribution >= 0.6 is 0 Å². The maximum Gasteiger partial charge on any atom is 0.269 e. The van der Waals surface area contributed by atoms with Gasteiger partial charge in [-0.25, -0.2) is 12.7 Å². The molecule has 2 amide bonds. The zero-order valence-corrected chi connectivity index (χ0v) is 11.3. The second kappa shape index (κ2) is 4.23. The van der Waals surface area contributed by atoms with Crippen molar-refractivity contribution in [1.29, 1.82) is 0 Å². The van der Waals surface area contributed by atoms with Gasteiger partial charge in [0.05, 0.1) is 5.56 Å². The molecule has 1 heterocycles. The van der Waals surface area contributed by atoms with Crippen LogP contribution in [0.1, 0.15) is 10.4 Å². The lowest BCUT2D eigenvalue weighted by Gasteiger charge is -2.17. The van der Waals surface area contributed by atoms with E-state index < -0.39 is 28.4 Å². The fourth-order valence-electron chi connectivity index (χ4n) is 1.71. The summed E-state index contributed by atoms with van der Waals surface area (Å²) in [4.78, 5) is 24.7. The van der Waals surface area contributed by atoms with Crippen LogP contribution in [0.25, 0.3) is 0 Å². The highest BCUT2D eigenvalue weighted by atomic mass is 32.2. The molecule has 0 unspecified atom stereocenters. The number of carbonyl (C=O) groups excluding carboxylic acids is 2. The van der Waals surface area contributed by atoms with Crippen LogP contribution in [0, 0.1) is 0 Å². The largest absolute Gasteiger partial charge is 0.399 e. The van der Waals surface area contributed by atoms with Gasteiger partial charge >= 0.3 is 0 Å². The van der Waals surface area contributed by atoms with Crippen LogP contribution in [0.15, 0.2) is 23.1 Å². The Morgan fingerprint density at radius 2 is 2.00 bits per heavy atom. The molecular weight excluding hydrogens is 270 g/mol. The summed E-state index contributed by atoms with van der Waals surface area (Å²) in [7, 11) is -1.02. The molecule has 0 aliphatic carbocycles. The van der Waals surface area contributed by atoms with Gasteiger partial charge in [-0.1, -0.05) is 0 Å². The Morgan fingerprint density at radius 1 is 1.37 bits per heavy atom. The summed E-state index contributed by atoms with van der Waals surface area (Å²) < 4.78 is 24.9. The number of anilines is 1. The highest BCUT2D eigenvalue weighted by molar-refractivity contribution is 7.90. The van der Waals surface area contributed by atoms with E-state index in [0.717, 1.165) is 0 Å². The number of benzene rings is 1. The van der Waals surface area contributed by atoms with E-state index in [1.165, 1.54) is 37.2 Å². The summed E-state index contributed by atoms with van der Waals surface area (Å²) in [6, 6.07) is 4.02. The summed E-state index contributed by atoms with van der Waals surface area (Å²) in [5.74, 6) is -1.18.